The first kappa shape index (κ1) is 45.0. The van der Waals surface area contributed by atoms with E-state index in [1.807, 2.05) is 62.4 Å². The van der Waals surface area contributed by atoms with Crippen molar-refractivity contribution >= 4 is 48.1 Å². The van der Waals surface area contributed by atoms with Crippen molar-refractivity contribution < 1.29 is 33.1 Å². The van der Waals surface area contributed by atoms with Gasteiger partial charge >= 0.3 is 0 Å². The summed E-state index contributed by atoms with van der Waals surface area (Å²) in [7, 11) is -1.38. The van der Waals surface area contributed by atoms with Crippen LogP contribution in [0.5, 0.6) is 5.75 Å². The van der Waals surface area contributed by atoms with E-state index in [0.717, 1.165) is 15.9 Å². The summed E-state index contributed by atoms with van der Waals surface area (Å²) in [5.41, 5.74) is 0.785. The van der Waals surface area contributed by atoms with Crippen LogP contribution in [0.3, 0.4) is 0 Å². The summed E-state index contributed by atoms with van der Waals surface area (Å²) in [6, 6.07) is 24.0. The Kier molecular flexibility index (Phi) is 15.5. The maximum Gasteiger partial charge on any atom is 0.262 e. The molecule has 12 heteroatoms. The highest BCUT2D eigenvalue weighted by Gasteiger charge is 2.51. The van der Waals surface area contributed by atoms with Crippen molar-refractivity contribution in [1.29, 1.82) is 0 Å². The van der Waals surface area contributed by atoms with Crippen molar-refractivity contribution in [2.75, 3.05) is 13.7 Å². The van der Waals surface area contributed by atoms with Crippen LogP contribution < -0.4 is 31.1 Å². The maximum atomic E-state index is 14.1. The lowest BCUT2D eigenvalue weighted by molar-refractivity contribution is -0.144. The molecule has 2 saturated heterocycles. The lowest BCUT2D eigenvalue weighted by atomic mass is 9.95. The van der Waals surface area contributed by atoms with Gasteiger partial charge in [-0.3, -0.25) is 24.0 Å². The molecule has 11 nitrogen and oxygen atoms in total. The van der Waals surface area contributed by atoms with Gasteiger partial charge in [0.1, 0.15) is 36.0 Å². The van der Waals surface area contributed by atoms with Crippen LogP contribution in [-0.4, -0.2) is 86.6 Å². The van der Waals surface area contributed by atoms with Crippen molar-refractivity contribution in [3.63, 3.8) is 0 Å². The Hall–Kier alpha value is -5.07. The van der Waals surface area contributed by atoms with Gasteiger partial charge in [-0.15, -0.1) is 0 Å². The first-order valence-electron chi connectivity index (χ1n) is 21.0. The van der Waals surface area contributed by atoms with Crippen molar-refractivity contribution in [3.8, 4) is 5.75 Å². The molecular weight excluding hydrogens is 761 g/mol. The second-order valence-corrected chi connectivity index (χ2v) is 21.1. The normalized spacial score (nSPS) is 21.7. The highest BCUT2D eigenvalue weighted by atomic mass is 28.4. The van der Waals surface area contributed by atoms with Gasteiger partial charge in [0.05, 0.1) is 7.11 Å². The van der Waals surface area contributed by atoms with Crippen LogP contribution in [0.4, 0.5) is 0 Å². The molecule has 6 atom stereocenters. The van der Waals surface area contributed by atoms with E-state index in [-0.39, 0.29) is 35.5 Å². The van der Waals surface area contributed by atoms with E-state index in [9.17, 15) is 24.0 Å². The lowest BCUT2D eigenvalue weighted by Gasteiger charge is -2.44. The van der Waals surface area contributed by atoms with E-state index >= 15 is 0 Å². The van der Waals surface area contributed by atoms with E-state index in [4.69, 9.17) is 9.16 Å². The minimum absolute atomic E-state index is 0.162. The Balaban J connectivity index is 1.32. The Labute approximate surface area is 350 Å². The zero-order chi connectivity index (χ0) is 42.7. The fourth-order valence-corrected chi connectivity index (χ4v) is 12.9. The molecule has 0 unspecified atom stereocenters. The number of benzene rings is 3. The fraction of sp³-hybridized carbons (Fsp3) is 0.468. The number of hydrogen-bond acceptors (Lipinski definition) is 7. The number of allylic oxidation sites excluding steroid dienone is 1. The Bertz CT molecular complexity index is 1890. The minimum atomic E-state index is -2.95. The Morgan fingerprint density at radius 1 is 0.847 bits per heavy atom. The first-order chi connectivity index (χ1) is 28.2. The average molecular weight is 823 g/mol. The van der Waals surface area contributed by atoms with Crippen molar-refractivity contribution in [3.05, 3.63) is 103 Å². The van der Waals surface area contributed by atoms with E-state index < -0.39 is 56.3 Å². The summed E-state index contributed by atoms with van der Waals surface area (Å²) in [5.74, 6) is -1.35. The largest absolute Gasteiger partial charge is 0.497 e. The molecule has 3 aromatic rings. The molecular formula is C47H62N4O7Si. The molecule has 0 radical (unpaired) electrons. The highest BCUT2D eigenvalue weighted by Crippen LogP contribution is 2.37. The number of hydrogen-bond donors (Lipinski definition) is 3. The second kappa shape index (κ2) is 20.3. The van der Waals surface area contributed by atoms with Crippen LogP contribution in [0.1, 0.15) is 85.6 Å². The Morgan fingerprint density at radius 2 is 1.44 bits per heavy atom. The van der Waals surface area contributed by atoms with Crippen molar-refractivity contribution in [1.82, 2.24) is 20.9 Å². The van der Waals surface area contributed by atoms with Gasteiger partial charge in [-0.1, -0.05) is 120 Å². The number of nitrogens with one attached hydrogen (secondary N) is 3. The quantitative estimate of drug-likeness (QED) is 0.111. The van der Waals surface area contributed by atoms with Gasteiger partial charge in [0.25, 0.3) is 8.32 Å². The van der Waals surface area contributed by atoms with Gasteiger partial charge < -0.3 is 30.0 Å². The van der Waals surface area contributed by atoms with Crippen LogP contribution >= 0.6 is 0 Å². The molecule has 3 N–H and O–H groups in total. The SMILES string of the molecule is CC[C@H](C)[C@@H]1NC(=O)[C@@H](Cc2ccc(OC)cc2)NC(=O)[C@H](CCC/C=C/C(=O)[C@H](C)O[Si](c2ccccc2)(c2ccccc2)C(C)(C)C)NC(=O)[C@H]2CCCN2C1=O. The number of ketones is 1. The summed E-state index contributed by atoms with van der Waals surface area (Å²) in [5, 5.41) is 10.7. The molecule has 5 rings (SSSR count). The highest BCUT2D eigenvalue weighted by molar-refractivity contribution is 6.99. The van der Waals surface area contributed by atoms with Gasteiger partial charge in [0.2, 0.25) is 23.6 Å². The summed E-state index contributed by atoms with van der Waals surface area (Å²) in [4.78, 5) is 71.2. The van der Waals surface area contributed by atoms with Crippen LogP contribution in [0.25, 0.3) is 0 Å². The zero-order valence-electron chi connectivity index (χ0n) is 35.7. The van der Waals surface area contributed by atoms with Gasteiger partial charge in [0, 0.05) is 13.0 Å². The number of carbonyl (C=O) groups is 5. The number of unbranched alkanes of at least 4 members (excludes halogenated alkanes) is 1. The molecule has 0 bridgehead atoms. The molecule has 4 amide bonds. The Morgan fingerprint density at radius 3 is 2.02 bits per heavy atom. The number of methoxy groups -OCH3 is 1. The molecule has 0 aliphatic carbocycles. The summed E-state index contributed by atoms with van der Waals surface area (Å²) in [6.45, 7) is 12.6. The third-order valence-corrected chi connectivity index (χ3v) is 16.9. The van der Waals surface area contributed by atoms with Gasteiger partial charge in [-0.2, -0.15) is 0 Å². The smallest absolute Gasteiger partial charge is 0.262 e. The number of nitrogens with zero attached hydrogens (tertiary/aromatic N) is 1. The molecule has 316 valence electrons. The van der Waals surface area contributed by atoms with E-state index in [1.54, 1.807) is 43.2 Å². The molecule has 2 heterocycles. The molecule has 2 aliphatic heterocycles. The summed E-state index contributed by atoms with van der Waals surface area (Å²) < 4.78 is 12.3. The summed E-state index contributed by atoms with van der Waals surface area (Å²) in [6.07, 6.45) is 5.67. The number of carbonyl (C=O) groups excluding carboxylic acids is 5. The lowest BCUT2D eigenvalue weighted by Crippen LogP contribution is -2.68. The number of ether oxygens (including phenoxy) is 1. The van der Waals surface area contributed by atoms with E-state index in [1.165, 1.54) is 0 Å². The van der Waals surface area contributed by atoms with Crippen LogP contribution in [-0.2, 0) is 34.8 Å². The predicted molar refractivity (Wildman–Crippen MR) is 233 cm³/mol. The third-order valence-electron chi connectivity index (χ3n) is 11.8. The van der Waals surface area contributed by atoms with Crippen molar-refractivity contribution in [2.45, 2.75) is 122 Å². The van der Waals surface area contributed by atoms with Crippen LogP contribution in [0, 0.1) is 5.92 Å². The zero-order valence-corrected chi connectivity index (χ0v) is 36.7. The molecule has 0 aromatic heterocycles. The molecule has 3 aromatic carbocycles. The maximum absolute atomic E-state index is 14.1. The fourth-order valence-electron chi connectivity index (χ4n) is 8.22. The van der Waals surface area contributed by atoms with Gasteiger partial charge in [-0.05, 0) is 84.1 Å². The minimum Gasteiger partial charge on any atom is -0.497 e. The number of rotatable bonds is 15. The summed E-state index contributed by atoms with van der Waals surface area (Å²) >= 11 is 0. The van der Waals surface area contributed by atoms with E-state index in [2.05, 4.69) is 61.0 Å². The average Bonchev–Trinajstić information content (AvgIpc) is 3.74. The number of amides is 4. The molecule has 59 heavy (non-hydrogen) atoms. The first-order valence-corrected chi connectivity index (χ1v) is 22.9. The molecule has 2 aliphatic rings. The topological polar surface area (TPSA) is 143 Å². The molecule has 0 saturated carbocycles. The van der Waals surface area contributed by atoms with Gasteiger partial charge in [-0.25, -0.2) is 0 Å². The molecule has 2 fully saturated rings. The monoisotopic (exact) mass is 822 g/mol. The second-order valence-electron chi connectivity index (χ2n) is 16.9. The van der Waals surface area contributed by atoms with Gasteiger partial charge in [0.15, 0.2) is 5.78 Å². The van der Waals surface area contributed by atoms with E-state index in [0.29, 0.717) is 44.4 Å². The number of fused-ring (bicyclic) bond motifs is 1. The van der Waals surface area contributed by atoms with Crippen LogP contribution in [0.15, 0.2) is 97.1 Å². The van der Waals surface area contributed by atoms with Crippen molar-refractivity contribution in [2.24, 2.45) is 5.92 Å². The predicted octanol–water partition coefficient (Wildman–Crippen LogP) is 5.00. The van der Waals surface area contributed by atoms with Crippen LogP contribution in [0.2, 0.25) is 5.04 Å². The standard InChI is InChI=1S/C47H62N4O7Si/c1-8-32(2)42-46(56)51-30-18-24-40(51)45(55)48-38(43(53)49-39(44(54)50-42)31-34-26-28-35(57-7)29-27-34)23-16-11-17-25-41(52)33(3)58-59(47(4,5)6,36-19-12-9-13-20-36)37-21-14-10-15-22-37/h9-10,12-15,17,19-22,25-29,32-33,38-40,42H,8,11,16,18,23-24,30-31H2,1-7H3,(H,48,55)(H,49,53)(H,50,54)/b25-17+/t32-,33-,38-,39+,40+,42-/m0/s1. The molecule has 0 spiro atoms. The third kappa shape index (κ3) is 10.8.